The van der Waals surface area contributed by atoms with Crippen LogP contribution < -0.4 is 5.73 Å². The summed E-state index contributed by atoms with van der Waals surface area (Å²) >= 11 is 0. The van der Waals surface area contributed by atoms with Gasteiger partial charge in [0.05, 0.1) is 12.7 Å². The van der Waals surface area contributed by atoms with Gasteiger partial charge < -0.3 is 5.73 Å². The smallest absolute Gasteiger partial charge is 0.123 e. The molecule has 4 heteroatoms. The molecule has 3 nitrogen and oxygen atoms in total. The Morgan fingerprint density at radius 3 is 2.62 bits per heavy atom. The van der Waals surface area contributed by atoms with Crippen molar-refractivity contribution in [3.05, 3.63) is 71.8 Å². The second-order valence-corrected chi connectivity index (χ2v) is 5.12. The molecule has 0 aliphatic rings. The number of benzene rings is 2. The number of aryl methyl sites for hydroxylation is 1. The van der Waals surface area contributed by atoms with Crippen molar-refractivity contribution in [3.8, 4) is 11.1 Å². The van der Waals surface area contributed by atoms with E-state index in [-0.39, 0.29) is 5.82 Å². The van der Waals surface area contributed by atoms with Gasteiger partial charge in [-0.15, -0.1) is 0 Å². The fourth-order valence-corrected chi connectivity index (χ4v) is 2.26. The minimum absolute atomic E-state index is 0.221. The van der Waals surface area contributed by atoms with Gasteiger partial charge in [0.1, 0.15) is 5.82 Å². The van der Waals surface area contributed by atoms with Crippen LogP contribution in [0, 0.1) is 12.7 Å². The topological polar surface area (TPSA) is 43.8 Å². The van der Waals surface area contributed by atoms with Crippen LogP contribution in [0.1, 0.15) is 11.1 Å². The summed E-state index contributed by atoms with van der Waals surface area (Å²) in [6.07, 6.45) is 3.76. The number of nitrogens with zero attached hydrogens (tertiary/aromatic N) is 2. The number of anilines is 1. The predicted octanol–water partition coefficient (Wildman–Crippen LogP) is 3.63. The quantitative estimate of drug-likeness (QED) is 0.745. The van der Waals surface area contributed by atoms with Gasteiger partial charge in [-0.3, -0.25) is 4.68 Å². The second kappa shape index (κ2) is 5.40. The first kappa shape index (κ1) is 13.4. The van der Waals surface area contributed by atoms with Gasteiger partial charge in [0.2, 0.25) is 0 Å². The van der Waals surface area contributed by atoms with E-state index in [0.29, 0.717) is 6.54 Å². The Hall–Kier alpha value is -2.62. The lowest BCUT2D eigenvalue weighted by molar-refractivity contribution is 0.618. The maximum Gasteiger partial charge on any atom is 0.123 e. The average molecular weight is 281 g/mol. The minimum atomic E-state index is -0.221. The molecule has 0 spiro atoms. The fraction of sp³-hybridized carbons (Fsp3) is 0.118. The lowest BCUT2D eigenvalue weighted by Crippen LogP contribution is -2.02. The number of hydrogen-bond donors (Lipinski definition) is 1. The summed E-state index contributed by atoms with van der Waals surface area (Å²) in [7, 11) is 0. The highest BCUT2D eigenvalue weighted by molar-refractivity contribution is 5.64. The summed E-state index contributed by atoms with van der Waals surface area (Å²) in [6.45, 7) is 2.53. The molecule has 3 rings (SSSR count). The summed E-state index contributed by atoms with van der Waals surface area (Å²) in [4.78, 5) is 0. The van der Waals surface area contributed by atoms with Gasteiger partial charge >= 0.3 is 0 Å². The first-order chi connectivity index (χ1) is 10.1. The number of halogens is 1. The van der Waals surface area contributed by atoms with E-state index in [0.717, 1.165) is 27.9 Å². The first-order valence-electron chi connectivity index (χ1n) is 6.75. The maximum absolute atomic E-state index is 13.3. The molecule has 2 aromatic carbocycles. The number of nitrogen functional groups attached to an aromatic ring is 1. The molecule has 0 radical (unpaired) electrons. The van der Waals surface area contributed by atoms with Gasteiger partial charge in [0, 0.05) is 17.4 Å². The molecule has 2 N–H and O–H groups in total. The molecule has 21 heavy (non-hydrogen) atoms. The van der Waals surface area contributed by atoms with Crippen LogP contribution in [0.4, 0.5) is 10.1 Å². The molecule has 0 unspecified atom stereocenters. The first-order valence-corrected chi connectivity index (χ1v) is 6.75. The van der Waals surface area contributed by atoms with E-state index >= 15 is 0 Å². The van der Waals surface area contributed by atoms with Crippen molar-refractivity contribution in [3.63, 3.8) is 0 Å². The molecular formula is C17H16FN3. The van der Waals surface area contributed by atoms with Gasteiger partial charge in [0.25, 0.3) is 0 Å². The largest absolute Gasteiger partial charge is 0.399 e. The average Bonchev–Trinajstić information content (AvgIpc) is 2.92. The summed E-state index contributed by atoms with van der Waals surface area (Å²) < 4.78 is 15.1. The Morgan fingerprint density at radius 2 is 1.86 bits per heavy atom. The van der Waals surface area contributed by atoms with Gasteiger partial charge in [-0.2, -0.15) is 5.10 Å². The van der Waals surface area contributed by atoms with Crippen LogP contribution in [-0.4, -0.2) is 9.78 Å². The van der Waals surface area contributed by atoms with E-state index in [2.05, 4.69) is 5.10 Å². The normalized spacial score (nSPS) is 10.8. The molecule has 0 aliphatic heterocycles. The summed E-state index contributed by atoms with van der Waals surface area (Å²) in [6, 6.07) is 12.5. The molecule has 3 aromatic rings. The van der Waals surface area contributed by atoms with Gasteiger partial charge in [-0.25, -0.2) is 4.39 Å². The molecule has 0 saturated carbocycles. The molecule has 0 bridgehead atoms. The number of rotatable bonds is 3. The third kappa shape index (κ3) is 2.94. The molecule has 0 atom stereocenters. The highest BCUT2D eigenvalue weighted by Gasteiger charge is 2.05. The molecule has 106 valence electrons. The number of nitrogens with two attached hydrogens (primary N) is 1. The van der Waals surface area contributed by atoms with E-state index in [9.17, 15) is 4.39 Å². The third-order valence-corrected chi connectivity index (χ3v) is 3.52. The standard InChI is InChI=1S/C17H16FN3/c1-12-2-5-16(18)8-14(12)10-21-11-15(9-20-21)13-3-6-17(19)7-4-13/h2-9,11H,10,19H2,1H3. The minimum Gasteiger partial charge on any atom is -0.399 e. The lowest BCUT2D eigenvalue weighted by Gasteiger charge is -2.06. The van der Waals surface area contributed by atoms with Crippen molar-refractivity contribution in [2.75, 3.05) is 5.73 Å². The zero-order valence-electron chi connectivity index (χ0n) is 11.8. The van der Waals surface area contributed by atoms with Crippen LogP contribution in [-0.2, 0) is 6.54 Å². The van der Waals surface area contributed by atoms with Gasteiger partial charge in [-0.05, 0) is 47.9 Å². The van der Waals surface area contributed by atoms with Crippen molar-refractivity contribution in [2.45, 2.75) is 13.5 Å². The van der Waals surface area contributed by atoms with E-state index in [1.165, 1.54) is 6.07 Å². The van der Waals surface area contributed by atoms with E-state index < -0.39 is 0 Å². The SMILES string of the molecule is Cc1ccc(F)cc1Cn1cc(-c2ccc(N)cc2)cn1. The molecule has 1 heterocycles. The van der Waals surface area contributed by atoms with Crippen molar-refractivity contribution in [1.82, 2.24) is 9.78 Å². The zero-order valence-corrected chi connectivity index (χ0v) is 11.8. The van der Waals surface area contributed by atoms with Crippen LogP contribution in [0.2, 0.25) is 0 Å². The van der Waals surface area contributed by atoms with Crippen LogP contribution >= 0.6 is 0 Å². The fourth-order valence-electron chi connectivity index (χ4n) is 2.26. The maximum atomic E-state index is 13.3. The Morgan fingerprint density at radius 1 is 1.10 bits per heavy atom. The van der Waals surface area contributed by atoms with Crippen LogP contribution in [0.25, 0.3) is 11.1 Å². The molecule has 0 fully saturated rings. The van der Waals surface area contributed by atoms with Crippen molar-refractivity contribution >= 4 is 5.69 Å². The third-order valence-electron chi connectivity index (χ3n) is 3.52. The highest BCUT2D eigenvalue weighted by Crippen LogP contribution is 2.20. The van der Waals surface area contributed by atoms with E-state index in [1.807, 2.05) is 42.1 Å². The van der Waals surface area contributed by atoms with Crippen LogP contribution in [0.15, 0.2) is 54.9 Å². The summed E-state index contributed by atoms with van der Waals surface area (Å²) in [5, 5.41) is 4.34. The highest BCUT2D eigenvalue weighted by atomic mass is 19.1. The number of hydrogen-bond acceptors (Lipinski definition) is 2. The molecule has 1 aromatic heterocycles. The molecule has 0 saturated heterocycles. The Bertz CT molecular complexity index is 760. The van der Waals surface area contributed by atoms with Gasteiger partial charge in [0.15, 0.2) is 0 Å². The molecule has 0 amide bonds. The molecular weight excluding hydrogens is 265 g/mol. The predicted molar refractivity (Wildman–Crippen MR) is 82.3 cm³/mol. The van der Waals surface area contributed by atoms with Crippen molar-refractivity contribution in [1.29, 1.82) is 0 Å². The van der Waals surface area contributed by atoms with Crippen molar-refractivity contribution < 1.29 is 4.39 Å². The summed E-state index contributed by atoms with van der Waals surface area (Å²) in [5.41, 5.74) is 10.5. The molecule has 0 aliphatic carbocycles. The Labute approximate surface area is 122 Å². The van der Waals surface area contributed by atoms with E-state index in [4.69, 9.17) is 5.73 Å². The monoisotopic (exact) mass is 281 g/mol. The van der Waals surface area contributed by atoms with E-state index in [1.54, 1.807) is 18.3 Å². The van der Waals surface area contributed by atoms with Crippen LogP contribution in [0.3, 0.4) is 0 Å². The van der Waals surface area contributed by atoms with Crippen molar-refractivity contribution in [2.24, 2.45) is 0 Å². The zero-order chi connectivity index (χ0) is 14.8. The number of aromatic nitrogens is 2. The Kier molecular flexibility index (Phi) is 3.44. The summed E-state index contributed by atoms with van der Waals surface area (Å²) in [5.74, 6) is -0.221. The lowest BCUT2D eigenvalue weighted by atomic mass is 10.1. The Balaban J connectivity index is 1.85. The van der Waals surface area contributed by atoms with Crippen LogP contribution in [0.5, 0.6) is 0 Å². The second-order valence-electron chi connectivity index (χ2n) is 5.12. The van der Waals surface area contributed by atoms with Gasteiger partial charge in [-0.1, -0.05) is 18.2 Å².